The molecular formula is C23H20N2O5S. The molecule has 4 aromatic rings. The lowest BCUT2D eigenvalue weighted by atomic mass is 10.1. The van der Waals surface area contributed by atoms with E-state index in [1.165, 1.54) is 25.3 Å². The topological polar surface area (TPSA) is 97.6 Å². The Kier molecular flexibility index (Phi) is 4.68. The Labute approximate surface area is 179 Å². The Hall–Kier alpha value is -3.36. The van der Waals surface area contributed by atoms with E-state index in [9.17, 15) is 13.2 Å². The highest BCUT2D eigenvalue weighted by Crippen LogP contribution is 2.31. The smallest absolute Gasteiger partial charge is 0.255 e. The van der Waals surface area contributed by atoms with Crippen LogP contribution in [0.1, 0.15) is 23.2 Å². The summed E-state index contributed by atoms with van der Waals surface area (Å²) in [7, 11) is -2.39. The molecule has 0 aliphatic heterocycles. The van der Waals surface area contributed by atoms with Gasteiger partial charge in [-0.25, -0.2) is 13.1 Å². The lowest BCUT2D eigenvalue weighted by Gasteiger charge is -2.12. The first-order valence-electron chi connectivity index (χ1n) is 9.87. The second-order valence-electron chi connectivity index (χ2n) is 7.52. The molecule has 1 aromatic heterocycles. The number of benzene rings is 3. The minimum atomic E-state index is -3.78. The van der Waals surface area contributed by atoms with Crippen LogP contribution in [0.25, 0.3) is 21.9 Å². The largest absolute Gasteiger partial charge is 0.495 e. The second-order valence-corrected chi connectivity index (χ2v) is 9.21. The molecule has 0 unspecified atom stereocenters. The first kappa shape index (κ1) is 19.6. The van der Waals surface area contributed by atoms with Crippen LogP contribution in [0.2, 0.25) is 0 Å². The Balaban J connectivity index is 1.44. The van der Waals surface area contributed by atoms with Crippen LogP contribution in [0, 0.1) is 0 Å². The number of anilines is 1. The number of carbonyl (C=O) groups excluding carboxylic acids is 1. The van der Waals surface area contributed by atoms with Gasteiger partial charge in [-0.2, -0.15) is 0 Å². The van der Waals surface area contributed by atoms with Crippen LogP contribution in [0.4, 0.5) is 5.69 Å². The van der Waals surface area contributed by atoms with Crippen LogP contribution in [-0.4, -0.2) is 27.5 Å². The van der Waals surface area contributed by atoms with Crippen molar-refractivity contribution in [1.82, 2.24) is 4.72 Å². The summed E-state index contributed by atoms with van der Waals surface area (Å²) in [5.41, 5.74) is 2.19. The Bertz CT molecular complexity index is 1420. The number of fused-ring (bicyclic) bond motifs is 3. The molecule has 8 heteroatoms. The molecule has 0 spiro atoms. The molecule has 1 saturated carbocycles. The molecule has 1 fully saturated rings. The highest BCUT2D eigenvalue weighted by molar-refractivity contribution is 7.89. The van der Waals surface area contributed by atoms with Crippen LogP contribution < -0.4 is 14.8 Å². The van der Waals surface area contributed by atoms with E-state index < -0.39 is 15.9 Å². The number of methoxy groups -OCH3 is 1. The summed E-state index contributed by atoms with van der Waals surface area (Å²) < 4.78 is 39.1. The van der Waals surface area contributed by atoms with Crippen molar-refractivity contribution < 1.29 is 22.4 Å². The fourth-order valence-electron chi connectivity index (χ4n) is 3.52. The minimum Gasteiger partial charge on any atom is -0.495 e. The van der Waals surface area contributed by atoms with Gasteiger partial charge >= 0.3 is 0 Å². The number of carbonyl (C=O) groups is 1. The number of ether oxygens (including phenoxy) is 1. The maximum Gasteiger partial charge on any atom is 0.255 e. The molecule has 158 valence electrons. The summed E-state index contributed by atoms with van der Waals surface area (Å²) in [6, 6.07) is 17.4. The average molecular weight is 436 g/mol. The SMILES string of the molecule is COc1ccc(C(=O)Nc2ccc3c(c2)oc2ccccc23)cc1S(=O)(=O)NC1CC1. The normalized spacial score (nSPS) is 14.1. The molecule has 1 aliphatic carbocycles. The summed E-state index contributed by atoms with van der Waals surface area (Å²) >= 11 is 0. The monoisotopic (exact) mass is 436 g/mol. The first-order chi connectivity index (χ1) is 14.9. The van der Waals surface area contributed by atoms with Gasteiger partial charge in [-0.1, -0.05) is 18.2 Å². The lowest BCUT2D eigenvalue weighted by molar-refractivity contribution is 0.102. The number of para-hydroxylation sites is 1. The molecule has 1 aliphatic rings. The molecule has 3 aromatic carbocycles. The zero-order chi connectivity index (χ0) is 21.6. The number of hydrogen-bond donors (Lipinski definition) is 2. The summed E-state index contributed by atoms with van der Waals surface area (Å²) in [5, 5.41) is 4.77. The number of sulfonamides is 1. The number of rotatable bonds is 6. The van der Waals surface area contributed by atoms with E-state index in [2.05, 4.69) is 10.0 Å². The Morgan fingerprint density at radius 3 is 2.55 bits per heavy atom. The van der Waals surface area contributed by atoms with E-state index in [0.717, 1.165) is 29.2 Å². The lowest BCUT2D eigenvalue weighted by Crippen LogP contribution is -2.26. The quantitative estimate of drug-likeness (QED) is 0.470. The van der Waals surface area contributed by atoms with E-state index in [1.54, 1.807) is 12.1 Å². The third-order valence-electron chi connectivity index (χ3n) is 5.25. The van der Waals surface area contributed by atoms with Crippen molar-refractivity contribution in [2.24, 2.45) is 0 Å². The molecule has 31 heavy (non-hydrogen) atoms. The van der Waals surface area contributed by atoms with Crippen LogP contribution in [0.3, 0.4) is 0 Å². The molecule has 1 heterocycles. The predicted octanol–water partition coefficient (Wildman–Crippen LogP) is 4.29. The predicted molar refractivity (Wildman–Crippen MR) is 118 cm³/mol. The molecule has 5 rings (SSSR count). The van der Waals surface area contributed by atoms with Gasteiger partial charge in [-0.3, -0.25) is 4.79 Å². The number of furan rings is 1. The van der Waals surface area contributed by atoms with Gasteiger partial charge in [0.25, 0.3) is 5.91 Å². The van der Waals surface area contributed by atoms with E-state index in [1.807, 2.05) is 30.3 Å². The fourth-order valence-corrected chi connectivity index (χ4v) is 5.02. The third-order valence-corrected chi connectivity index (χ3v) is 6.79. The fraction of sp³-hybridized carbons (Fsp3) is 0.174. The molecule has 0 bridgehead atoms. The van der Waals surface area contributed by atoms with Crippen molar-refractivity contribution in [3.8, 4) is 5.75 Å². The minimum absolute atomic E-state index is 0.0530. The van der Waals surface area contributed by atoms with Crippen LogP contribution in [0.5, 0.6) is 5.75 Å². The van der Waals surface area contributed by atoms with E-state index in [-0.39, 0.29) is 22.3 Å². The zero-order valence-corrected chi connectivity index (χ0v) is 17.5. The molecule has 0 radical (unpaired) electrons. The van der Waals surface area contributed by atoms with Crippen molar-refractivity contribution in [1.29, 1.82) is 0 Å². The molecule has 1 amide bonds. The van der Waals surface area contributed by atoms with E-state index in [4.69, 9.17) is 9.15 Å². The van der Waals surface area contributed by atoms with Crippen LogP contribution >= 0.6 is 0 Å². The third kappa shape index (κ3) is 3.75. The maximum absolute atomic E-state index is 12.8. The van der Waals surface area contributed by atoms with Crippen molar-refractivity contribution >= 4 is 43.6 Å². The molecule has 2 N–H and O–H groups in total. The summed E-state index contributed by atoms with van der Waals surface area (Å²) in [6.07, 6.45) is 1.62. The molecule has 0 atom stereocenters. The standard InChI is InChI=1S/C23H20N2O5S/c1-29-20-11-6-14(12-22(20)31(27,28)25-15-7-8-15)23(26)24-16-9-10-18-17-4-2-3-5-19(17)30-21(18)13-16/h2-6,9-13,15,25H,7-8H2,1H3,(H,24,26). The highest BCUT2D eigenvalue weighted by atomic mass is 32.2. The van der Waals surface area contributed by atoms with Crippen LogP contribution in [0.15, 0.2) is 70.0 Å². The molecule has 7 nitrogen and oxygen atoms in total. The van der Waals surface area contributed by atoms with Crippen molar-refractivity contribution in [2.45, 2.75) is 23.8 Å². The number of nitrogens with one attached hydrogen (secondary N) is 2. The van der Waals surface area contributed by atoms with Gasteiger partial charge in [0.2, 0.25) is 10.0 Å². The number of hydrogen-bond acceptors (Lipinski definition) is 5. The van der Waals surface area contributed by atoms with Crippen molar-refractivity contribution in [2.75, 3.05) is 12.4 Å². The summed E-state index contributed by atoms with van der Waals surface area (Å²) in [6.45, 7) is 0. The summed E-state index contributed by atoms with van der Waals surface area (Å²) in [5.74, 6) is -0.241. The van der Waals surface area contributed by atoms with Crippen molar-refractivity contribution in [3.05, 3.63) is 66.2 Å². The second kappa shape index (κ2) is 7.40. The average Bonchev–Trinajstić information content (AvgIpc) is 3.49. The van der Waals surface area contributed by atoms with E-state index >= 15 is 0 Å². The van der Waals surface area contributed by atoms with Gasteiger partial charge in [0.15, 0.2) is 0 Å². The summed E-state index contributed by atoms with van der Waals surface area (Å²) in [4.78, 5) is 12.8. The zero-order valence-electron chi connectivity index (χ0n) is 16.7. The van der Waals surface area contributed by atoms with Gasteiger partial charge in [-0.15, -0.1) is 0 Å². The van der Waals surface area contributed by atoms with Gasteiger partial charge in [-0.05, 0) is 49.2 Å². The number of amides is 1. The Morgan fingerprint density at radius 2 is 1.77 bits per heavy atom. The van der Waals surface area contributed by atoms with Gasteiger partial charge in [0.1, 0.15) is 21.8 Å². The van der Waals surface area contributed by atoms with Crippen LogP contribution in [-0.2, 0) is 10.0 Å². The first-order valence-corrected chi connectivity index (χ1v) is 11.4. The van der Waals surface area contributed by atoms with E-state index in [0.29, 0.717) is 11.3 Å². The van der Waals surface area contributed by atoms with Gasteiger partial charge < -0.3 is 14.5 Å². The van der Waals surface area contributed by atoms with Gasteiger partial charge in [0.05, 0.1) is 7.11 Å². The van der Waals surface area contributed by atoms with Gasteiger partial charge in [0, 0.05) is 34.1 Å². The highest BCUT2D eigenvalue weighted by Gasteiger charge is 2.30. The molecular weight excluding hydrogens is 416 g/mol. The maximum atomic E-state index is 12.8. The Morgan fingerprint density at radius 1 is 1.00 bits per heavy atom. The molecule has 0 saturated heterocycles. The van der Waals surface area contributed by atoms with Crippen molar-refractivity contribution in [3.63, 3.8) is 0 Å².